The van der Waals surface area contributed by atoms with Crippen molar-refractivity contribution in [2.75, 3.05) is 13.2 Å². The fourth-order valence-corrected chi connectivity index (χ4v) is 3.10. The van der Waals surface area contributed by atoms with Gasteiger partial charge >= 0.3 is 5.97 Å². The van der Waals surface area contributed by atoms with Crippen molar-refractivity contribution in [2.24, 2.45) is 0 Å². The van der Waals surface area contributed by atoms with Gasteiger partial charge in [-0.3, -0.25) is 0 Å². The first-order valence-electron chi connectivity index (χ1n) is 6.69. The Morgan fingerprint density at radius 1 is 1.16 bits per heavy atom. The lowest BCUT2D eigenvalue weighted by Gasteiger charge is -2.40. The molecule has 0 atom stereocenters. The standard InChI is InChI=1S/C14H18O5/c1-2-3-10-11(15)13(19-12(10)16)4-6-14(7-5-13)17-8-9-18-14/h2-3,15H,4-9H2,1H3/b3-2+. The fourth-order valence-electron chi connectivity index (χ4n) is 3.10. The molecule has 1 aliphatic carbocycles. The fraction of sp³-hybridized carbons (Fsp3) is 0.643. The summed E-state index contributed by atoms with van der Waals surface area (Å²) >= 11 is 0. The third-order valence-electron chi connectivity index (χ3n) is 4.16. The Morgan fingerprint density at radius 3 is 2.37 bits per heavy atom. The highest BCUT2D eigenvalue weighted by Gasteiger charge is 2.54. The number of carbonyl (C=O) groups excluding carboxylic acids is 1. The predicted octanol–water partition coefficient (Wildman–Crippen LogP) is 1.99. The molecular weight excluding hydrogens is 248 g/mol. The molecule has 0 radical (unpaired) electrons. The summed E-state index contributed by atoms with van der Waals surface area (Å²) in [5.74, 6) is -0.912. The molecule has 2 heterocycles. The van der Waals surface area contributed by atoms with E-state index in [1.54, 1.807) is 19.1 Å². The summed E-state index contributed by atoms with van der Waals surface area (Å²) in [4.78, 5) is 11.8. The smallest absolute Gasteiger partial charge is 0.342 e. The summed E-state index contributed by atoms with van der Waals surface area (Å²) in [5, 5.41) is 10.3. The summed E-state index contributed by atoms with van der Waals surface area (Å²) in [5.41, 5.74) is -0.598. The molecule has 5 nitrogen and oxygen atoms in total. The maximum atomic E-state index is 11.8. The number of aliphatic hydroxyl groups is 1. The van der Waals surface area contributed by atoms with E-state index in [4.69, 9.17) is 14.2 Å². The van der Waals surface area contributed by atoms with Crippen LogP contribution >= 0.6 is 0 Å². The number of carbonyl (C=O) groups is 1. The average Bonchev–Trinajstić information content (AvgIpc) is 2.94. The van der Waals surface area contributed by atoms with Gasteiger partial charge in [0.1, 0.15) is 5.57 Å². The van der Waals surface area contributed by atoms with E-state index >= 15 is 0 Å². The first-order chi connectivity index (χ1) is 9.11. The third-order valence-corrected chi connectivity index (χ3v) is 4.16. The van der Waals surface area contributed by atoms with E-state index < -0.39 is 17.4 Å². The van der Waals surface area contributed by atoms with Gasteiger partial charge in [0.2, 0.25) is 0 Å². The minimum absolute atomic E-state index is 0.0587. The van der Waals surface area contributed by atoms with Crippen LogP contribution in [0.15, 0.2) is 23.5 Å². The average molecular weight is 266 g/mol. The Morgan fingerprint density at radius 2 is 1.79 bits per heavy atom. The van der Waals surface area contributed by atoms with Crippen LogP contribution in [0, 0.1) is 0 Å². The molecule has 3 aliphatic rings. The van der Waals surface area contributed by atoms with Crippen LogP contribution in [0.2, 0.25) is 0 Å². The summed E-state index contributed by atoms with van der Waals surface area (Å²) in [6.45, 7) is 3.02. The van der Waals surface area contributed by atoms with Gasteiger partial charge in [0, 0.05) is 12.8 Å². The molecule has 1 saturated carbocycles. The van der Waals surface area contributed by atoms with Crippen LogP contribution in [0.5, 0.6) is 0 Å². The molecule has 0 aromatic heterocycles. The van der Waals surface area contributed by atoms with Crippen molar-refractivity contribution in [3.63, 3.8) is 0 Å². The second-order valence-electron chi connectivity index (χ2n) is 5.25. The van der Waals surface area contributed by atoms with E-state index in [1.807, 2.05) is 0 Å². The molecule has 19 heavy (non-hydrogen) atoms. The van der Waals surface area contributed by atoms with Crippen LogP contribution in [0.4, 0.5) is 0 Å². The van der Waals surface area contributed by atoms with E-state index in [1.165, 1.54) is 0 Å². The van der Waals surface area contributed by atoms with E-state index in [9.17, 15) is 9.90 Å². The van der Waals surface area contributed by atoms with E-state index in [-0.39, 0.29) is 11.3 Å². The van der Waals surface area contributed by atoms with Crippen LogP contribution in [-0.4, -0.2) is 35.7 Å². The van der Waals surface area contributed by atoms with Crippen molar-refractivity contribution < 1.29 is 24.1 Å². The molecule has 0 bridgehead atoms. The lowest BCUT2D eigenvalue weighted by molar-refractivity contribution is -0.205. The van der Waals surface area contributed by atoms with Gasteiger partial charge in [0.05, 0.1) is 13.2 Å². The second-order valence-corrected chi connectivity index (χ2v) is 5.25. The molecule has 0 amide bonds. The molecule has 3 rings (SSSR count). The van der Waals surface area contributed by atoms with Gasteiger partial charge in [-0.1, -0.05) is 6.08 Å². The first kappa shape index (κ1) is 12.7. The number of hydrogen-bond acceptors (Lipinski definition) is 5. The summed E-state index contributed by atoms with van der Waals surface area (Å²) in [7, 11) is 0. The van der Waals surface area contributed by atoms with Gasteiger partial charge in [-0.25, -0.2) is 4.79 Å². The lowest BCUT2D eigenvalue weighted by Crippen LogP contribution is -2.45. The Labute approximate surface area is 111 Å². The lowest BCUT2D eigenvalue weighted by atomic mass is 9.80. The largest absolute Gasteiger partial charge is 0.507 e. The van der Waals surface area contributed by atoms with Gasteiger partial charge < -0.3 is 19.3 Å². The van der Waals surface area contributed by atoms with Crippen molar-refractivity contribution >= 4 is 5.97 Å². The zero-order valence-electron chi connectivity index (χ0n) is 11.0. The number of ether oxygens (including phenoxy) is 3. The van der Waals surface area contributed by atoms with Gasteiger partial charge in [0.25, 0.3) is 0 Å². The highest BCUT2D eigenvalue weighted by molar-refractivity contribution is 5.95. The molecule has 0 aromatic rings. The van der Waals surface area contributed by atoms with Crippen molar-refractivity contribution in [3.05, 3.63) is 23.5 Å². The second kappa shape index (κ2) is 4.35. The topological polar surface area (TPSA) is 65.0 Å². The van der Waals surface area contributed by atoms with Gasteiger partial charge in [-0.2, -0.15) is 0 Å². The van der Waals surface area contributed by atoms with Crippen LogP contribution in [-0.2, 0) is 19.0 Å². The SMILES string of the molecule is C/C=C/C1=C(O)C2(CCC3(CC2)OCCO3)OC1=O. The highest BCUT2D eigenvalue weighted by atomic mass is 16.7. The third kappa shape index (κ3) is 1.88. The molecule has 1 N–H and O–H groups in total. The van der Waals surface area contributed by atoms with Gasteiger partial charge in [-0.05, 0) is 25.8 Å². The minimum atomic E-state index is -0.869. The Kier molecular flexibility index (Phi) is 2.91. The van der Waals surface area contributed by atoms with Gasteiger partial charge in [-0.15, -0.1) is 0 Å². The summed E-state index contributed by atoms with van der Waals surface area (Å²) in [6, 6.07) is 0. The first-order valence-corrected chi connectivity index (χ1v) is 6.69. The minimum Gasteiger partial charge on any atom is -0.507 e. The summed E-state index contributed by atoms with van der Waals surface area (Å²) in [6.07, 6.45) is 5.65. The molecule has 5 heteroatoms. The van der Waals surface area contributed by atoms with Crippen LogP contribution in [0.3, 0.4) is 0 Å². The van der Waals surface area contributed by atoms with Crippen LogP contribution < -0.4 is 0 Å². The Bertz CT molecular complexity index is 446. The molecule has 0 unspecified atom stereocenters. The Balaban J connectivity index is 1.82. The molecule has 0 aromatic carbocycles. The molecule has 2 fully saturated rings. The highest BCUT2D eigenvalue weighted by Crippen LogP contribution is 2.48. The Hall–Kier alpha value is -1.33. The van der Waals surface area contributed by atoms with Crippen LogP contribution in [0.1, 0.15) is 32.6 Å². The number of rotatable bonds is 1. The number of esters is 1. The predicted molar refractivity (Wildman–Crippen MR) is 66.4 cm³/mol. The van der Waals surface area contributed by atoms with Gasteiger partial charge in [0.15, 0.2) is 17.1 Å². The zero-order valence-corrected chi connectivity index (χ0v) is 11.0. The van der Waals surface area contributed by atoms with E-state index in [0.29, 0.717) is 38.9 Å². The number of aliphatic hydroxyl groups excluding tert-OH is 1. The molecule has 1 saturated heterocycles. The van der Waals surface area contributed by atoms with Crippen LogP contribution in [0.25, 0.3) is 0 Å². The van der Waals surface area contributed by atoms with E-state index in [2.05, 4.69) is 0 Å². The van der Waals surface area contributed by atoms with Crippen molar-refractivity contribution in [1.82, 2.24) is 0 Å². The van der Waals surface area contributed by atoms with Crippen molar-refractivity contribution in [1.29, 1.82) is 0 Å². The van der Waals surface area contributed by atoms with Crippen molar-refractivity contribution in [2.45, 2.75) is 44.0 Å². The van der Waals surface area contributed by atoms with Crippen molar-refractivity contribution in [3.8, 4) is 0 Å². The monoisotopic (exact) mass is 266 g/mol. The normalized spacial score (nSPS) is 28.8. The number of hydrogen-bond donors (Lipinski definition) is 1. The quantitative estimate of drug-likeness (QED) is 0.735. The molecule has 2 aliphatic heterocycles. The maximum Gasteiger partial charge on any atom is 0.342 e. The maximum absolute atomic E-state index is 11.8. The number of allylic oxidation sites excluding steroid dienone is 1. The van der Waals surface area contributed by atoms with E-state index in [0.717, 1.165) is 0 Å². The summed E-state index contributed by atoms with van der Waals surface area (Å²) < 4.78 is 16.7. The zero-order chi connectivity index (χ0) is 13.5. The molecular formula is C14H18O5. The molecule has 2 spiro atoms. The molecule has 104 valence electrons.